The molecule has 0 spiro atoms. The van der Waals surface area contributed by atoms with E-state index < -0.39 is 0 Å². The van der Waals surface area contributed by atoms with Gasteiger partial charge in [0, 0.05) is 35.3 Å². The van der Waals surface area contributed by atoms with Gasteiger partial charge in [-0.05, 0) is 48.5 Å². The smallest absolute Gasteiger partial charge is 0.155 e. The molecule has 0 aliphatic heterocycles. The quantitative estimate of drug-likeness (QED) is 0.531. The Morgan fingerprint density at radius 1 is 0.852 bits per heavy atom. The second-order valence-electron chi connectivity index (χ2n) is 6.03. The predicted molar refractivity (Wildman–Crippen MR) is 99.2 cm³/mol. The number of nitrogens with zero attached hydrogens (tertiary/aromatic N) is 5. The molecule has 27 heavy (non-hydrogen) atoms. The molecule has 7 heteroatoms. The number of fused-ring (bicyclic) bond motifs is 1. The Labute approximate surface area is 153 Å². The zero-order valence-electron chi connectivity index (χ0n) is 14.0. The summed E-state index contributed by atoms with van der Waals surface area (Å²) in [5, 5.41) is 4.20. The number of hydrogen-bond acceptors (Lipinski definition) is 4. The van der Waals surface area contributed by atoms with Gasteiger partial charge in [-0.3, -0.25) is 4.98 Å². The Bertz CT molecular complexity index is 1220. The third kappa shape index (κ3) is 2.75. The summed E-state index contributed by atoms with van der Waals surface area (Å²) in [6.07, 6.45) is 6.87. The maximum absolute atomic E-state index is 13.3. The lowest BCUT2D eigenvalue weighted by Crippen LogP contribution is -1.90. The summed E-state index contributed by atoms with van der Waals surface area (Å²) in [5.41, 5.74) is 5.05. The largest absolute Gasteiger partial charge is 0.337 e. The molecular formula is C20H13FN6. The van der Waals surface area contributed by atoms with Crippen molar-refractivity contribution in [2.45, 2.75) is 0 Å². The predicted octanol–water partition coefficient (Wildman–Crippen LogP) is 3.99. The highest BCUT2D eigenvalue weighted by Gasteiger charge is 2.16. The van der Waals surface area contributed by atoms with Gasteiger partial charge in [-0.25, -0.2) is 18.9 Å². The topological polar surface area (TPSA) is 71.8 Å². The maximum atomic E-state index is 13.3. The number of halogens is 1. The minimum Gasteiger partial charge on any atom is -0.337 e. The second kappa shape index (κ2) is 6.14. The van der Waals surface area contributed by atoms with Crippen LogP contribution < -0.4 is 0 Å². The molecular weight excluding hydrogens is 343 g/mol. The van der Waals surface area contributed by atoms with E-state index in [0.29, 0.717) is 5.82 Å². The molecule has 0 unspecified atom stereocenters. The second-order valence-corrected chi connectivity index (χ2v) is 6.03. The van der Waals surface area contributed by atoms with Gasteiger partial charge in [-0.1, -0.05) is 0 Å². The van der Waals surface area contributed by atoms with Gasteiger partial charge in [0.15, 0.2) is 5.65 Å². The fourth-order valence-corrected chi connectivity index (χ4v) is 3.01. The van der Waals surface area contributed by atoms with E-state index in [1.807, 2.05) is 30.5 Å². The highest BCUT2D eigenvalue weighted by Crippen LogP contribution is 2.32. The zero-order chi connectivity index (χ0) is 18.2. The molecule has 130 valence electrons. The van der Waals surface area contributed by atoms with Crippen molar-refractivity contribution < 1.29 is 4.39 Å². The molecule has 0 aliphatic carbocycles. The van der Waals surface area contributed by atoms with Gasteiger partial charge < -0.3 is 4.98 Å². The van der Waals surface area contributed by atoms with Crippen LogP contribution in [0.15, 0.2) is 73.4 Å². The fraction of sp³-hybridized carbons (Fsp3) is 0. The van der Waals surface area contributed by atoms with Crippen LogP contribution in [-0.2, 0) is 0 Å². The van der Waals surface area contributed by atoms with Crippen LogP contribution >= 0.6 is 0 Å². The van der Waals surface area contributed by atoms with E-state index in [1.165, 1.54) is 18.5 Å². The summed E-state index contributed by atoms with van der Waals surface area (Å²) in [5.74, 6) is 0.382. The third-order valence-electron chi connectivity index (χ3n) is 4.34. The SMILES string of the molecule is Fc1ccc(-c2nc(-c3ccc4ncnn4c3)c(-c3ccncc3)[nH]2)cc1. The number of pyridine rings is 2. The Balaban J connectivity index is 1.71. The standard InChI is InChI=1S/C20H13FN6/c21-16-4-1-14(2-5-16)20-25-18(13-7-9-22-10-8-13)19(26-20)15-3-6-17-23-12-24-27(17)11-15/h1-12H,(H,25,26). The van der Waals surface area contributed by atoms with Crippen molar-refractivity contribution in [1.82, 2.24) is 29.5 Å². The number of H-pyrrole nitrogens is 1. The van der Waals surface area contributed by atoms with Crippen LogP contribution in [0, 0.1) is 5.82 Å². The van der Waals surface area contributed by atoms with Gasteiger partial charge in [-0.2, -0.15) is 5.10 Å². The number of hydrogen-bond donors (Lipinski definition) is 1. The lowest BCUT2D eigenvalue weighted by molar-refractivity contribution is 0.628. The molecule has 0 amide bonds. The van der Waals surface area contributed by atoms with Crippen LogP contribution in [0.2, 0.25) is 0 Å². The van der Waals surface area contributed by atoms with Crippen molar-refractivity contribution in [3.8, 4) is 33.9 Å². The number of aromatic nitrogens is 6. The molecule has 0 radical (unpaired) electrons. The Morgan fingerprint density at radius 3 is 2.44 bits per heavy atom. The minimum absolute atomic E-state index is 0.281. The zero-order valence-corrected chi connectivity index (χ0v) is 14.0. The van der Waals surface area contributed by atoms with Crippen LogP contribution in [0.25, 0.3) is 39.5 Å². The third-order valence-corrected chi connectivity index (χ3v) is 4.34. The van der Waals surface area contributed by atoms with Crippen LogP contribution in [-0.4, -0.2) is 29.5 Å². The highest BCUT2D eigenvalue weighted by atomic mass is 19.1. The first-order valence-electron chi connectivity index (χ1n) is 8.34. The lowest BCUT2D eigenvalue weighted by atomic mass is 10.1. The van der Waals surface area contributed by atoms with Gasteiger partial charge in [0.05, 0.1) is 11.4 Å². The Morgan fingerprint density at radius 2 is 1.63 bits per heavy atom. The molecule has 0 fully saturated rings. The number of rotatable bonds is 3. The highest BCUT2D eigenvalue weighted by molar-refractivity contribution is 5.81. The molecule has 1 aromatic carbocycles. The number of imidazole rings is 1. The van der Waals surface area contributed by atoms with Crippen LogP contribution in [0.1, 0.15) is 0 Å². The van der Waals surface area contributed by atoms with E-state index in [4.69, 9.17) is 4.98 Å². The fourth-order valence-electron chi connectivity index (χ4n) is 3.01. The number of aromatic amines is 1. The number of nitrogens with one attached hydrogen (secondary N) is 1. The average molecular weight is 356 g/mol. The molecule has 4 aromatic heterocycles. The van der Waals surface area contributed by atoms with Crippen molar-refractivity contribution >= 4 is 5.65 Å². The van der Waals surface area contributed by atoms with Gasteiger partial charge in [0.2, 0.25) is 0 Å². The van der Waals surface area contributed by atoms with Crippen LogP contribution in [0.4, 0.5) is 4.39 Å². The first-order chi connectivity index (χ1) is 13.3. The molecule has 1 N–H and O–H groups in total. The summed E-state index contributed by atoms with van der Waals surface area (Å²) in [4.78, 5) is 16.4. The van der Waals surface area contributed by atoms with E-state index in [2.05, 4.69) is 20.1 Å². The summed E-state index contributed by atoms with van der Waals surface area (Å²) < 4.78 is 15.0. The average Bonchev–Trinajstić information content (AvgIpc) is 3.36. The maximum Gasteiger partial charge on any atom is 0.155 e. The van der Waals surface area contributed by atoms with Crippen molar-refractivity contribution in [1.29, 1.82) is 0 Å². The van der Waals surface area contributed by atoms with Crippen molar-refractivity contribution in [2.24, 2.45) is 0 Å². The molecule has 0 saturated heterocycles. The minimum atomic E-state index is -0.281. The van der Waals surface area contributed by atoms with Gasteiger partial charge in [0.25, 0.3) is 0 Å². The van der Waals surface area contributed by atoms with E-state index in [-0.39, 0.29) is 5.82 Å². The van der Waals surface area contributed by atoms with Gasteiger partial charge >= 0.3 is 0 Å². The first kappa shape index (κ1) is 15.4. The van der Waals surface area contributed by atoms with Crippen molar-refractivity contribution in [3.05, 3.63) is 79.3 Å². The summed E-state index contributed by atoms with van der Waals surface area (Å²) >= 11 is 0. The van der Waals surface area contributed by atoms with Crippen LogP contribution in [0.3, 0.4) is 0 Å². The Hall–Kier alpha value is -3.87. The van der Waals surface area contributed by atoms with E-state index in [9.17, 15) is 4.39 Å². The van der Waals surface area contributed by atoms with Gasteiger partial charge in [-0.15, -0.1) is 0 Å². The number of benzene rings is 1. The summed E-state index contributed by atoms with van der Waals surface area (Å²) in [6, 6.07) is 13.9. The van der Waals surface area contributed by atoms with Crippen molar-refractivity contribution in [3.63, 3.8) is 0 Å². The van der Waals surface area contributed by atoms with Gasteiger partial charge in [0.1, 0.15) is 18.0 Å². The van der Waals surface area contributed by atoms with Crippen LogP contribution in [0.5, 0.6) is 0 Å². The molecule has 0 atom stereocenters. The van der Waals surface area contributed by atoms with Crippen molar-refractivity contribution in [2.75, 3.05) is 0 Å². The lowest BCUT2D eigenvalue weighted by Gasteiger charge is -2.03. The molecule has 0 aliphatic rings. The molecule has 5 aromatic rings. The molecule has 4 heterocycles. The summed E-state index contributed by atoms with van der Waals surface area (Å²) in [6.45, 7) is 0. The monoisotopic (exact) mass is 356 g/mol. The Kier molecular flexibility index (Phi) is 3.50. The van der Waals surface area contributed by atoms with E-state index >= 15 is 0 Å². The van der Waals surface area contributed by atoms with E-state index in [1.54, 1.807) is 29.0 Å². The molecule has 0 saturated carbocycles. The summed E-state index contributed by atoms with van der Waals surface area (Å²) in [7, 11) is 0. The molecule has 0 bridgehead atoms. The molecule has 6 nitrogen and oxygen atoms in total. The van der Waals surface area contributed by atoms with E-state index in [0.717, 1.165) is 33.7 Å². The first-order valence-corrected chi connectivity index (χ1v) is 8.34. The normalized spacial score (nSPS) is 11.1. The molecule has 5 rings (SSSR count).